The van der Waals surface area contributed by atoms with Crippen LogP contribution in [0, 0.1) is 20.8 Å². The minimum absolute atomic E-state index is 0.642. The van der Waals surface area contributed by atoms with E-state index in [2.05, 4.69) is 53.0 Å². The minimum Gasteiger partial charge on any atom is -0.358 e. The predicted molar refractivity (Wildman–Crippen MR) is 109 cm³/mol. The summed E-state index contributed by atoms with van der Waals surface area (Å²) in [5.41, 5.74) is 4.59. The van der Waals surface area contributed by atoms with Crippen LogP contribution in [0.25, 0.3) is 10.6 Å². The van der Waals surface area contributed by atoms with Crippen molar-refractivity contribution in [3.05, 3.63) is 56.7 Å². The standard InChI is InChI=1S/C18H19N3S3/c1-11-5-4-6-15(12(11)2)21-18(22)19-9-14-7-8-17(24-14)16-10-23-13(3)20-16/h4-8,10H,9H2,1-3H3,(H2,19,21,22). The highest BCUT2D eigenvalue weighted by atomic mass is 32.1. The van der Waals surface area contributed by atoms with E-state index in [0.717, 1.165) is 16.4 Å². The molecule has 0 aliphatic heterocycles. The lowest BCUT2D eigenvalue weighted by atomic mass is 10.1. The number of thiophene rings is 1. The molecule has 0 fully saturated rings. The number of thiazole rings is 1. The molecule has 6 heteroatoms. The lowest BCUT2D eigenvalue weighted by Gasteiger charge is -2.13. The average molecular weight is 374 g/mol. The molecule has 0 radical (unpaired) electrons. The fraction of sp³-hybridized carbons (Fsp3) is 0.222. The molecule has 124 valence electrons. The summed E-state index contributed by atoms with van der Waals surface area (Å²) >= 11 is 8.84. The lowest BCUT2D eigenvalue weighted by Crippen LogP contribution is -2.27. The molecular formula is C18H19N3S3. The van der Waals surface area contributed by atoms with Crippen LogP contribution in [0.1, 0.15) is 21.0 Å². The molecule has 3 nitrogen and oxygen atoms in total. The van der Waals surface area contributed by atoms with Crippen LogP contribution in [0.3, 0.4) is 0 Å². The maximum atomic E-state index is 5.41. The number of hydrogen-bond acceptors (Lipinski definition) is 4. The van der Waals surface area contributed by atoms with E-state index in [4.69, 9.17) is 12.2 Å². The van der Waals surface area contributed by atoms with Crippen molar-refractivity contribution in [2.45, 2.75) is 27.3 Å². The fourth-order valence-electron chi connectivity index (χ4n) is 2.31. The van der Waals surface area contributed by atoms with Gasteiger partial charge in [-0.25, -0.2) is 4.98 Å². The van der Waals surface area contributed by atoms with Crippen molar-refractivity contribution in [2.75, 3.05) is 5.32 Å². The van der Waals surface area contributed by atoms with Crippen molar-refractivity contribution in [1.29, 1.82) is 0 Å². The van der Waals surface area contributed by atoms with Gasteiger partial charge in [-0.2, -0.15) is 0 Å². The molecule has 1 aromatic carbocycles. The summed E-state index contributed by atoms with van der Waals surface area (Å²) in [5.74, 6) is 0. The summed E-state index contributed by atoms with van der Waals surface area (Å²) in [6, 6.07) is 10.4. The van der Waals surface area contributed by atoms with E-state index in [1.807, 2.05) is 19.1 Å². The maximum absolute atomic E-state index is 5.41. The van der Waals surface area contributed by atoms with Crippen molar-refractivity contribution in [2.24, 2.45) is 0 Å². The highest BCUT2D eigenvalue weighted by Gasteiger charge is 2.07. The Morgan fingerprint density at radius 2 is 2.00 bits per heavy atom. The van der Waals surface area contributed by atoms with E-state index in [1.165, 1.54) is 20.9 Å². The van der Waals surface area contributed by atoms with Gasteiger partial charge < -0.3 is 10.6 Å². The van der Waals surface area contributed by atoms with Gasteiger partial charge in [0.2, 0.25) is 0 Å². The van der Waals surface area contributed by atoms with Gasteiger partial charge in [0.1, 0.15) is 0 Å². The number of anilines is 1. The Kier molecular flexibility index (Phi) is 5.28. The number of nitrogens with zero attached hydrogens (tertiary/aromatic N) is 1. The topological polar surface area (TPSA) is 37.0 Å². The first kappa shape index (κ1) is 17.1. The average Bonchev–Trinajstić information content (AvgIpc) is 3.18. The first-order valence-corrected chi connectivity index (χ1v) is 9.75. The monoisotopic (exact) mass is 373 g/mol. The molecule has 0 aliphatic rings. The highest BCUT2D eigenvalue weighted by molar-refractivity contribution is 7.80. The molecule has 0 saturated heterocycles. The summed E-state index contributed by atoms with van der Waals surface area (Å²) in [4.78, 5) is 6.97. The Balaban J connectivity index is 1.59. The van der Waals surface area contributed by atoms with E-state index in [-0.39, 0.29) is 0 Å². The summed E-state index contributed by atoms with van der Waals surface area (Å²) in [6.07, 6.45) is 0. The largest absolute Gasteiger partial charge is 0.358 e. The molecule has 24 heavy (non-hydrogen) atoms. The predicted octanol–water partition coefficient (Wildman–Crippen LogP) is 5.28. The van der Waals surface area contributed by atoms with Gasteiger partial charge in [0.15, 0.2) is 5.11 Å². The number of hydrogen-bond donors (Lipinski definition) is 2. The maximum Gasteiger partial charge on any atom is 0.171 e. The van der Waals surface area contributed by atoms with Crippen LogP contribution in [-0.2, 0) is 6.54 Å². The second-order valence-corrected chi connectivity index (χ2v) is 8.21. The number of aryl methyl sites for hydroxylation is 2. The Morgan fingerprint density at radius 1 is 1.17 bits per heavy atom. The Labute approximate surface area is 155 Å². The fourth-order valence-corrected chi connectivity index (χ4v) is 4.09. The van der Waals surface area contributed by atoms with Gasteiger partial charge in [0, 0.05) is 15.9 Å². The zero-order valence-electron chi connectivity index (χ0n) is 13.8. The van der Waals surface area contributed by atoms with Gasteiger partial charge in [0.25, 0.3) is 0 Å². The van der Waals surface area contributed by atoms with E-state index in [9.17, 15) is 0 Å². The molecule has 0 saturated carbocycles. The van der Waals surface area contributed by atoms with E-state index >= 15 is 0 Å². The Morgan fingerprint density at radius 3 is 2.75 bits per heavy atom. The summed E-state index contributed by atoms with van der Waals surface area (Å²) in [7, 11) is 0. The normalized spacial score (nSPS) is 10.6. The van der Waals surface area contributed by atoms with Gasteiger partial charge in [-0.1, -0.05) is 12.1 Å². The molecule has 0 atom stereocenters. The van der Waals surface area contributed by atoms with E-state index in [0.29, 0.717) is 11.7 Å². The van der Waals surface area contributed by atoms with E-state index < -0.39 is 0 Å². The van der Waals surface area contributed by atoms with E-state index in [1.54, 1.807) is 22.7 Å². The summed E-state index contributed by atoms with van der Waals surface area (Å²) in [5, 5.41) is 10.4. The zero-order chi connectivity index (χ0) is 17.1. The van der Waals surface area contributed by atoms with Crippen molar-refractivity contribution < 1.29 is 0 Å². The smallest absolute Gasteiger partial charge is 0.171 e. The molecule has 3 rings (SSSR count). The van der Waals surface area contributed by atoms with Crippen LogP contribution in [0.5, 0.6) is 0 Å². The van der Waals surface area contributed by atoms with Crippen molar-refractivity contribution in [1.82, 2.24) is 10.3 Å². The summed E-state index contributed by atoms with van der Waals surface area (Å²) < 4.78 is 0. The highest BCUT2D eigenvalue weighted by Crippen LogP contribution is 2.29. The number of benzene rings is 1. The molecule has 3 aromatic rings. The number of thiocarbonyl (C=S) groups is 1. The van der Waals surface area contributed by atoms with Gasteiger partial charge >= 0.3 is 0 Å². The Bertz CT molecular complexity index is 864. The molecule has 0 spiro atoms. The van der Waals surface area contributed by atoms with Crippen LogP contribution in [0.2, 0.25) is 0 Å². The third kappa shape index (κ3) is 4.01. The quantitative estimate of drug-likeness (QED) is 0.610. The third-order valence-corrected chi connectivity index (χ3v) is 5.94. The van der Waals surface area contributed by atoms with Crippen LogP contribution >= 0.6 is 34.9 Å². The number of nitrogens with one attached hydrogen (secondary N) is 2. The van der Waals surface area contributed by atoms with Gasteiger partial charge in [-0.05, 0) is 62.3 Å². The van der Waals surface area contributed by atoms with Crippen molar-refractivity contribution in [3.8, 4) is 10.6 Å². The lowest BCUT2D eigenvalue weighted by molar-refractivity contribution is 0.946. The molecule has 0 bridgehead atoms. The van der Waals surface area contributed by atoms with Crippen LogP contribution < -0.4 is 10.6 Å². The van der Waals surface area contributed by atoms with Gasteiger partial charge in [-0.15, -0.1) is 22.7 Å². The first-order chi connectivity index (χ1) is 11.5. The minimum atomic E-state index is 0.642. The van der Waals surface area contributed by atoms with Crippen LogP contribution in [0.15, 0.2) is 35.7 Å². The molecule has 0 amide bonds. The van der Waals surface area contributed by atoms with Crippen molar-refractivity contribution in [3.63, 3.8) is 0 Å². The summed E-state index contributed by atoms with van der Waals surface area (Å²) in [6.45, 7) is 6.94. The second-order valence-electron chi connectivity index (χ2n) is 5.57. The molecule has 0 unspecified atom stereocenters. The first-order valence-electron chi connectivity index (χ1n) is 7.65. The Hall–Kier alpha value is -1.76. The van der Waals surface area contributed by atoms with Crippen LogP contribution in [0.4, 0.5) is 5.69 Å². The zero-order valence-corrected chi connectivity index (χ0v) is 16.3. The van der Waals surface area contributed by atoms with Crippen molar-refractivity contribution >= 4 is 45.7 Å². The second kappa shape index (κ2) is 7.42. The molecule has 2 N–H and O–H groups in total. The van der Waals surface area contributed by atoms with Gasteiger partial charge in [-0.3, -0.25) is 0 Å². The van der Waals surface area contributed by atoms with Gasteiger partial charge in [0.05, 0.1) is 22.1 Å². The number of rotatable bonds is 4. The van der Waals surface area contributed by atoms with Crippen LogP contribution in [-0.4, -0.2) is 10.1 Å². The molecule has 2 aromatic heterocycles. The third-order valence-electron chi connectivity index (χ3n) is 3.81. The molecular weight excluding hydrogens is 354 g/mol. The number of aromatic nitrogens is 1. The SMILES string of the molecule is Cc1nc(-c2ccc(CNC(=S)Nc3cccc(C)c3C)s2)cs1. The molecule has 2 heterocycles. The molecule has 0 aliphatic carbocycles.